The van der Waals surface area contributed by atoms with Crippen LogP contribution in [0.4, 0.5) is 0 Å². The van der Waals surface area contributed by atoms with Crippen LogP contribution in [0.2, 0.25) is 0 Å². The first-order chi connectivity index (χ1) is 7.50. The molecule has 0 saturated carbocycles. The highest BCUT2D eigenvalue weighted by Crippen LogP contribution is 2.20. The fourth-order valence-electron chi connectivity index (χ4n) is 1.36. The first kappa shape index (κ1) is 13.5. The monoisotopic (exact) mass is 259 g/mol. The lowest BCUT2D eigenvalue weighted by molar-refractivity contribution is 0.0957. The third-order valence-electron chi connectivity index (χ3n) is 2.45. The zero-order valence-corrected chi connectivity index (χ0v) is 11.5. The number of nitrogens with one attached hydrogen (secondary N) is 1. The van der Waals surface area contributed by atoms with Crippen LogP contribution >= 0.6 is 22.9 Å². The fraction of sp³-hybridized carbons (Fsp3) is 0.583. The molecule has 1 N–H and O–H groups in total. The summed E-state index contributed by atoms with van der Waals surface area (Å²) in [6.07, 6.45) is 1.87. The Balaban J connectivity index is 2.35. The van der Waals surface area contributed by atoms with Gasteiger partial charge in [0.1, 0.15) is 0 Å². The minimum atomic E-state index is 0.0309. The maximum absolute atomic E-state index is 11.7. The number of halogens is 1. The molecule has 0 aliphatic carbocycles. The quantitative estimate of drug-likeness (QED) is 0.636. The van der Waals surface area contributed by atoms with Crippen molar-refractivity contribution in [2.24, 2.45) is 0 Å². The van der Waals surface area contributed by atoms with Crippen LogP contribution in [-0.4, -0.2) is 17.8 Å². The van der Waals surface area contributed by atoms with Gasteiger partial charge in [0.05, 0.1) is 4.88 Å². The first-order valence-corrected chi connectivity index (χ1v) is 6.75. The van der Waals surface area contributed by atoms with Crippen LogP contribution in [0.15, 0.2) is 6.07 Å². The van der Waals surface area contributed by atoms with E-state index in [1.807, 2.05) is 26.8 Å². The summed E-state index contributed by atoms with van der Waals surface area (Å²) in [5.74, 6) is 0.0309. The number of aryl methyl sites for hydroxylation is 2. The summed E-state index contributed by atoms with van der Waals surface area (Å²) >= 11 is 7.37. The van der Waals surface area contributed by atoms with Gasteiger partial charge in [0.2, 0.25) is 0 Å². The molecule has 1 rings (SSSR count). The summed E-state index contributed by atoms with van der Waals surface area (Å²) in [6.45, 7) is 6.73. The molecule has 0 fully saturated rings. The molecule has 0 saturated heterocycles. The van der Waals surface area contributed by atoms with E-state index in [1.165, 1.54) is 10.4 Å². The Morgan fingerprint density at radius 3 is 2.75 bits per heavy atom. The van der Waals surface area contributed by atoms with E-state index < -0.39 is 0 Å². The minimum absolute atomic E-state index is 0.0309. The predicted octanol–water partition coefficient (Wildman–Crippen LogP) is 3.50. The second-order valence-corrected chi connectivity index (χ2v) is 6.03. The van der Waals surface area contributed by atoms with E-state index in [0.717, 1.165) is 17.7 Å². The van der Waals surface area contributed by atoms with Gasteiger partial charge in [-0.3, -0.25) is 4.79 Å². The predicted molar refractivity (Wildman–Crippen MR) is 70.7 cm³/mol. The van der Waals surface area contributed by atoms with Gasteiger partial charge in [-0.2, -0.15) is 0 Å². The van der Waals surface area contributed by atoms with E-state index in [-0.39, 0.29) is 11.3 Å². The molecule has 0 radical (unpaired) electrons. The van der Waals surface area contributed by atoms with Crippen LogP contribution in [0.25, 0.3) is 0 Å². The summed E-state index contributed by atoms with van der Waals surface area (Å²) in [7, 11) is 0. The van der Waals surface area contributed by atoms with Crippen LogP contribution in [0.5, 0.6) is 0 Å². The second kappa shape index (κ2) is 6.26. The molecule has 0 spiro atoms. The highest BCUT2D eigenvalue weighted by atomic mass is 35.5. The number of carbonyl (C=O) groups is 1. The molecule has 0 aromatic carbocycles. The van der Waals surface area contributed by atoms with Gasteiger partial charge < -0.3 is 5.32 Å². The molecule has 2 nitrogen and oxygen atoms in total. The van der Waals surface area contributed by atoms with Gasteiger partial charge in [-0.05, 0) is 45.2 Å². The Morgan fingerprint density at radius 2 is 2.25 bits per heavy atom. The molecular formula is C12H18ClNOS. The van der Waals surface area contributed by atoms with Crippen molar-refractivity contribution in [1.82, 2.24) is 5.32 Å². The lowest BCUT2D eigenvalue weighted by Crippen LogP contribution is -2.23. The van der Waals surface area contributed by atoms with Crippen molar-refractivity contribution in [1.29, 1.82) is 0 Å². The Kier molecular flexibility index (Phi) is 5.29. The Hall–Kier alpha value is -0.540. The average Bonchev–Trinajstić information content (AvgIpc) is 2.54. The number of hydrogen-bond donors (Lipinski definition) is 1. The summed E-state index contributed by atoms with van der Waals surface area (Å²) in [5, 5.41) is 3.09. The van der Waals surface area contributed by atoms with Crippen LogP contribution < -0.4 is 5.32 Å². The van der Waals surface area contributed by atoms with Crippen molar-refractivity contribution in [2.75, 3.05) is 6.54 Å². The van der Waals surface area contributed by atoms with E-state index in [1.54, 1.807) is 11.3 Å². The molecule has 4 heteroatoms. The van der Waals surface area contributed by atoms with Crippen LogP contribution in [0, 0.1) is 13.8 Å². The molecule has 1 heterocycles. The van der Waals surface area contributed by atoms with Crippen LogP contribution in [0.1, 0.15) is 39.9 Å². The van der Waals surface area contributed by atoms with Crippen molar-refractivity contribution in [2.45, 2.75) is 39.0 Å². The highest BCUT2D eigenvalue weighted by Gasteiger charge is 2.09. The van der Waals surface area contributed by atoms with Crippen molar-refractivity contribution in [3.63, 3.8) is 0 Å². The first-order valence-electron chi connectivity index (χ1n) is 5.50. The maximum Gasteiger partial charge on any atom is 0.261 e. The lowest BCUT2D eigenvalue weighted by atomic mass is 10.2. The fourth-order valence-corrected chi connectivity index (χ4v) is 2.46. The molecule has 1 aromatic rings. The van der Waals surface area contributed by atoms with Crippen LogP contribution in [-0.2, 0) is 0 Å². The lowest BCUT2D eigenvalue weighted by Gasteiger charge is -2.04. The molecule has 1 amide bonds. The molecule has 0 aliphatic heterocycles. The Bertz CT molecular complexity index is 340. The number of thiophene rings is 1. The molecule has 1 aromatic heterocycles. The average molecular weight is 260 g/mol. The summed E-state index contributed by atoms with van der Waals surface area (Å²) in [5.41, 5.74) is 1.18. The summed E-state index contributed by atoms with van der Waals surface area (Å²) < 4.78 is 0. The van der Waals surface area contributed by atoms with Gasteiger partial charge in [-0.25, -0.2) is 0 Å². The molecule has 16 heavy (non-hydrogen) atoms. The highest BCUT2D eigenvalue weighted by molar-refractivity contribution is 7.14. The smallest absolute Gasteiger partial charge is 0.261 e. The standard InChI is InChI=1S/C12H18ClNOS/c1-8-7-11(16-10(8)3)12(15)14-6-4-5-9(2)13/h7,9H,4-6H2,1-3H3,(H,14,15). The third-order valence-corrected chi connectivity index (χ3v) is 3.82. The largest absolute Gasteiger partial charge is 0.351 e. The number of rotatable bonds is 5. The minimum Gasteiger partial charge on any atom is -0.351 e. The van der Waals surface area contributed by atoms with Gasteiger partial charge in [0.15, 0.2) is 0 Å². The molecule has 90 valence electrons. The summed E-state index contributed by atoms with van der Waals surface area (Å²) in [4.78, 5) is 13.7. The Labute approximate surface area is 106 Å². The SMILES string of the molecule is Cc1cc(C(=O)NCCCC(C)Cl)sc1C. The van der Waals surface area contributed by atoms with Gasteiger partial charge in [-0.15, -0.1) is 22.9 Å². The zero-order valence-electron chi connectivity index (χ0n) is 9.97. The molecular weight excluding hydrogens is 242 g/mol. The van der Waals surface area contributed by atoms with Crippen molar-refractivity contribution >= 4 is 28.8 Å². The second-order valence-electron chi connectivity index (χ2n) is 4.03. The molecule has 0 bridgehead atoms. The molecule has 1 atom stereocenters. The van der Waals surface area contributed by atoms with E-state index in [4.69, 9.17) is 11.6 Å². The van der Waals surface area contributed by atoms with E-state index in [0.29, 0.717) is 6.54 Å². The van der Waals surface area contributed by atoms with Crippen molar-refractivity contribution in [3.05, 3.63) is 21.4 Å². The van der Waals surface area contributed by atoms with E-state index >= 15 is 0 Å². The van der Waals surface area contributed by atoms with Gasteiger partial charge in [0.25, 0.3) is 5.91 Å². The summed E-state index contributed by atoms with van der Waals surface area (Å²) in [6, 6.07) is 1.94. The number of alkyl halides is 1. The molecule has 0 aliphatic rings. The van der Waals surface area contributed by atoms with Crippen molar-refractivity contribution in [3.8, 4) is 0 Å². The molecule has 1 unspecified atom stereocenters. The van der Waals surface area contributed by atoms with E-state index in [9.17, 15) is 4.79 Å². The van der Waals surface area contributed by atoms with Gasteiger partial charge >= 0.3 is 0 Å². The van der Waals surface area contributed by atoms with Gasteiger partial charge in [0, 0.05) is 16.8 Å². The van der Waals surface area contributed by atoms with Crippen LogP contribution in [0.3, 0.4) is 0 Å². The third kappa shape index (κ3) is 4.14. The maximum atomic E-state index is 11.7. The van der Waals surface area contributed by atoms with E-state index in [2.05, 4.69) is 5.32 Å². The number of amides is 1. The number of carbonyl (C=O) groups excluding carboxylic acids is 1. The zero-order chi connectivity index (χ0) is 12.1. The van der Waals surface area contributed by atoms with Gasteiger partial charge in [-0.1, -0.05) is 0 Å². The van der Waals surface area contributed by atoms with Crippen molar-refractivity contribution < 1.29 is 4.79 Å². The topological polar surface area (TPSA) is 29.1 Å². The normalized spacial score (nSPS) is 12.5. The Morgan fingerprint density at radius 1 is 1.56 bits per heavy atom. The number of hydrogen-bond acceptors (Lipinski definition) is 2.